The highest BCUT2D eigenvalue weighted by atomic mass is 16.2. The normalized spacial score (nSPS) is 23.2. The minimum atomic E-state index is -0.0321. The molecule has 0 radical (unpaired) electrons. The highest BCUT2D eigenvalue weighted by Crippen LogP contribution is 2.29. The lowest BCUT2D eigenvalue weighted by Gasteiger charge is -2.31. The van der Waals surface area contributed by atoms with Crippen LogP contribution >= 0.6 is 0 Å². The van der Waals surface area contributed by atoms with Crippen molar-refractivity contribution in [1.82, 2.24) is 10.2 Å². The molecule has 1 fully saturated rings. The zero-order valence-corrected chi connectivity index (χ0v) is 12.4. The van der Waals surface area contributed by atoms with Gasteiger partial charge in [-0.05, 0) is 55.8 Å². The van der Waals surface area contributed by atoms with E-state index >= 15 is 0 Å². The second-order valence-corrected chi connectivity index (χ2v) is 5.80. The molecule has 0 aromatic heterocycles. The maximum atomic E-state index is 12.1. The molecule has 1 saturated heterocycles. The van der Waals surface area contributed by atoms with Crippen LogP contribution in [-0.2, 0) is 4.79 Å². The van der Waals surface area contributed by atoms with Crippen molar-refractivity contribution in [2.45, 2.75) is 38.6 Å². The summed E-state index contributed by atoms with van der Waals surface area (Å²) in [5, 5.41) is 3.33. The number of hydrogen-bond acceptors (Lipinski definition) is 2. The van der Waals surface area contributed by atoms with Crippen molar-refractivity contribution in [2.75, 3.05) is 20.6 Å². The van der Waals surface area contributed by atoms with E-state index in [0.717, 1.165) is 19.4 Å². The van der Waals surface area contributed by atoms with Crippen molar-refractivity contribution in [3.05, 3.63) is 34.9 Å². The second kappa shape index (κ2) is 5.74. The molecule has 1 aliphatic heterocycles. The molecule has 2 atom stereocenters. The zero-order valence-electron chi connectivity index (χ0n) is 12.4. The topological polar surface area (TPSA) is 32.3 Å². The zero-order chi connectivity index (χ0) is 14.0. The van der Waals surface area contributed by atoms with Gasteiger partial charge in [-0.2, -0.15) is 0 Å². The van der Waals surface area contributed by atoms with Crippen LogP contribution in [0.15, 0.2) is 18.2 Å². The third kappa shape index (κ3) is 3.16. The van der Waals surface area contributed by atoms with E-state index in [9.17, 15) is 4.79 Å². The van der Waals surface area contributed by atoms with Gasteiger partial charge in [-0.3, -0.25) is 4.79 Å². The number of carbonyl (C=O) groups is 1. The van der Waals surface area contributed by atoms with E-state index < -0.39 is 0 Å². The monoisotopic (exact) mass is 260 g/mol. The van der Waals surface area contributed by atoms with Crippen LogP contribution in [0.3, 0.4) is 0 Å². The Kier molecular flexibility index (Phi) is 4.25. The quantitative estimate of drug-likeness (QED) is 0.884. The molecule has 19 heavy (non-hydrogen) atoms. The number of aryl methyl sites for hydroxylation is 2. The van der Waals surface area contributed by atoms with E-state index in [1.807, 2.05) is 14.1 Å². The highest BCUT2D eigenvalue weighted by Gasteiger charge is 2.28. The van der Waals surface area contributed by atoms with Gasteiger partial charge in [0.25, 0.3) is 0 Å². The fraction of sp³-hybridized carbons (Fsp3) is 0.562. The van der Waals surface area contributed by atoms with Crippen LogP contribution in [0.1, 0.15) is 35.4 Å². The summed E-state index contributed by atoms with van der Waals surface area (Å²) in [6.07, 6.45) is 2.01. The Hall–Kier alpha value is -1.35. The third-order valence-corrected chi connectivity index (χ3v) is 4.14. The predicted molar refractivity (Wildman–Crippen MR) is 78.4 cm³/mol. The minimum absolute atomic E-state index is 0.0321. The van der Waals surface area contributed by atoms with Crippen molar-refractivity contribution in [3.63, 3.8) is 0 Å². The Morgan fingerprint density at radius 3 is 2.63 bits per heavy atom. The summed E-state index contributed by atoms with van der Waals surface area (Å²) < 4.78 is 0. The van der Waals surface area contributed by atoms with E-state index in [-0.39, 0.29) is 11.9 Å². The summed E-state index contributed by atoms with van der Waals surface area (Å²) >= 11 is 0. The molecule has 1 aromatic carbocycles. The average molecular weight is 260 g/mol. The number of rotatable bonds is 2. The Labute approximate surface area is 116 Å². The molecule has 0 bridgehead atoms. The Morgan fingerprint density at radius 1 is 1.26 bits per heavy atom. The van der Waals surface area contributed by atoms with Crippen LogP contribution in [0.4, 0.5) is 0 Å². The molecular formula is C16H24N2O. The molecule has 3 heteroatoms. The number of nitrogens with zero attached hydrogens (tertiary/aromatic N) is 1. The lowest BCUT2D eigenvalue weighted by molar-refractivity contribution is -0.131. The van der Waals surface area contributed by atoms with Gasteiger partial charge >= 0.3 is 0 Å². The molecule has 1 N–H and O–H groups in total. The first-order valence-corrected chi connectivity index (χ1v) is 7.00. The molecule has 104 valence electrons. The van der Waals surface area contributed by atoms with Gasteiger partial charge in [0.05, 0.1) is 6.04 Å². The number of carbonyl (C=O) groups excluding carboxylic acids is 1. The Bertz CT molecular complexity index is 468. The van der Waals surface area contributed by atoms with E-state index in [0.29, 0.717) is 5.92 Å². The van der Waals surface area contributed by atoms with Crippen molar-refractivity contribution < 1.29 is 4.79 Å². The van der Waals surface area contributed by atoms with Crippen molar-refractivity contribution in [3.8, 4) is 0 Å². The summed E-state index contributed by atoms with van der Waals surface area (Å²) in [6.45, 7) is 5.21. The molecule has 2 unspecified atom stereocenters. The molecule has 1 aromatic rings. The van der Waals surface area contributed by atoms with E-state index in [1.54, 1.807) is 4.90 Å². The molecule has 0 aliphatic carbocycles. The number of amides is 1. The molecule has 1 aliphatic rings. The molecule has 1 amide bonds. The van der Waals surface area contributed by atoms with Gasteiger partial charge in [0.2, 0.25) is 5.91 Å². The third-order valence-electron chi connectivity index (χ3n) is 4.14. The van der Waals surface area contributed by atoms with Crippen LogP contribution < -0.4 is 5.32 Å². The maximum Gasteiger partial charge on any atom is 0.239 e. The first-order chi connectivity index (χ1) is 8.99. The smallest absolute Gasteiger partial charge is 0.239 e. The van der Waals surface area contributed by atoms with Gasteiger partial charge in [0, 0.05) is 14.1 Å². The Morgan fingerprint density at radius 2 is 2.00 bits per heavy atom. The van der Waals surface area contributed by atoms with Crippen LogP contribution in [0.2, 0.25) is 0 Å². The number of benzene rings is 1. The number of nitrogens with one attached hydrogen (secondary N) is 1. The average Bonchev–Trinajstić information content (AvgIpc) is 2.41. The van der Waals surface area contributed by atoms with Gasteiger partial charge in [-0.15, -0.1) is 0 Å². The number of likely N-dealkylation sites (N-methyl/N-ethyl adjacent to an activating group) is 1. The summed E-state index contributed by atoms with van der Waals surface area (Å²) in [5.41, 5.74) is 4.05. The lowest BCUT2D eigenvalue weighted by Crippen LogP contribution is -2.47. The van der Waals surface area contributed by atoms with Crippen molar-refractivity contribution >= 4 is 5.91 Å². The predicted octanol–water partition coefficient (Wildman–Crippen LogP) is 2.23. The second-order valence-electron chi connectivity index (χ2n) is 5.80. The van der Waals surface area contributed by atoms with Crippen LogP contribution in [0.25, 0.3) is 0 Å². The fourth-order valence-corrected chi connectivity index (χ4v) is 2.74. The lowest BCUT2D eigenvalue weighted by atomic mass is 9.85. The fourth-order valence-electron chi connectivity index (χ4n) is 2.74. The Balaban J connectivity index is 2.12. The van der Waals surface area contributed by atoms with Gasteiger partial charge in [-0.1, -0.05) is 18.2 Å². The largest absolute Gasteiger partial charge is 0.347 e. The first-order valence-electron chi connectivity index (χ1n) is 7.00. The highest BCUT2D eigenvalue weighted by molar-refractivity contribution is 5.81. The maximum absolute atomic E-state index is 12.1. The molecular weight excluding hydrogens is 236 g/mol. The van der Waals surface area contributed by atoms with Crippen LogP contribution in [0.5, 0.6) is 0 Å². The molecule has 1 heterocycles. The summed E-state index contributed by atoms with van der Waals surface area (Å²) in [4.78, 5) is 13.7. The van der Waals surface area contributed by atoms with Gasteiger partial charge in [0.15, 0.2) is 0 Å². The van der Waals surface area contributed by atoms with E-state index in [1.165, 1.54) is 16.7 Å². The van der Waals surface area contributed by atoms with Gasteiger partial charge < -0.3 is 10.2 Å². The molecule has 3 nitrogen and oxygen atoms in total. The van der Waals surface area contributed by atoms with Crippen LogP contribution in [-0.4, -0.2) is 37.5 Å². The first kappa shape index (κ1) is 14.1. The summed E-state index contributed by atoms with van der Waals surface area (Å²) in [5.74, 6) is 0.683. The molecule has 0 spiro atoms. The molecule has 0 saturated carbocycles. The summed E-state index contributed by atoms with van der Waals surface area (Å²) in [6, 6.07) is 6.66. The standard InChI is InChI=1S/C16H24N2O/c1-11-5-6-13(9-12(11)2)14-7-8-17-15(10-14)16(19)18(3)4/h5-6,9,14-15,17H,7-8,10H2,1-4H3. The molecule has 2 rings (SSSR count). The van der Waals surface area contributed by atoms with Gasteiger partial charge in [0.1, 0.15) is 0 Å². The van der Waals surface area contributed by atoms with Gasteiger partial charge in [-0.25, -0.2) is 0 Å². The van der Waals surface area contributed by atoms with Crippen LogP contribution in [0, 0.1) is 13.8 Å². The number of piperidine rings is 1. The SMILES string of the molecule is Cc1ccc(C2CCNC(C(=O)N(C)C)C2)cc1C. The van der Waals surface area contributed by atoms with Crippen molar-refractivity contribution in [2.24, 2.45) is 0 Å². The van der Waals surface area contributed by atoms with E-state index in [2.05, 4.69) is 37.4 Å². The number of hydrogen-bond donors (Lipinski definition) is 1. The summed E-state index contributed by atoms with van der Waals surface area (Å²) in [7, 11) is 3.65. The minimum Gasteiger partial charge on any atom is -0.347 e. The van der Waals surface area contributed by atoms with Crippen molar-refractivity contribution in [1.29, 1.82) is 0 Å². The van der Waals surface area contributed by atoms with E-state index in [4.69, 9.17) is 0 Å².